The van der Waals surface area contributed by atoms with Crippen molar-refractivity contribution in [2.45, 2.75) is 33.6 Å². The van der Waals surface area contributed by atoms with Crippen LogP contribution in [-0.2, 0) is 0 Å². The normalized spacial score (nSPS) is 11.0. The van der Waals surface area contributed by atoms with Crippen molar-refractivity contribution in [1.82, 2.24) is 20.2 Å². The third-order valence-electron chi connectivity index (χ3n) is 3.42. The Morgan fingerprint density at radius 1 is 1.33 bits per heavy atom. The molecule has 2 N–H and O–H groups in total. The summed E-state index contributed by atoms with van der Waals surface area (Å²) in [5.41, 5.74) is 1.07. The van der Waals surface area contributed by atoms with Crippen LogP contribution in [0.4, 0.5) is 5.69 Å². The topological polar surface area (TPSA) is 70.2 Å². The highest BCUT2D eigenvalue weighted by Gasteiger charge is 2.15. The van der Waals surface area contributed by atoms with Gasteiger partial charge in [-0.2, -0.15) is 0 Å². The van der Waals surface area contributed by atoms with Crippen molar-refractivity contribution in [3.63, 3.8) is 0 Å². The van der Waals surface area contributed by atoms with Crippen LogP contribution in [-0.4, -0.2) is 54.0 Å². The zero-order valence-electron chi connectivity index (χ0n) is 13.7. The summed E-state index contributed by atoms with van der Waals surface area (Å²) in [4.78, 5) is 23.2. The van der Waals surface area contributed by atoms with Crippen molar-refractivity contribution >= 4 is 11.6 Å². The molecule has 6 heteroatoms. The molecule has 0 spiro atoms. The van der Waals surface area contributed by atoms with Gasteiger partial charge in [0.15, 0.2) is 5.69 Å². The Hall–Kier alpha value is -1.69. The Morgan fingerprint density at radius 2 is 2.00 bits per heavy atom. The minimum absolute atomic E-state index is 0.157. The van der Waals surface area contributed by atoms with E-state index in [0.717, 1.165) is 19.6 Å². The lowest BCUT2D eigenvalue weighted by molar-refractivity contribution is 0.0944. The van der Waals surface area contributed by atoms with Crippen molar-refractivity contribution in [3.8, 4) is 0 Å². The lowest BCUT2D eigenvalue weighted by Gasteiger charge is -2.18. The molecule has 1 rings (SSSR count). The van der Waals surface area contributed by atoms with Crippen LogP contribution >= 0.6 is 0 Å². The third-order valence-corrected chi connectivity index (χ3v) is 3.42. The number of nitrogens with one attached hydrogen (secondary N) is 2. The zero-order valence-corrected chi connectivity index (χ0v) is 13.7. The van der Waals surface area contributed by atoms with Gasteiger partial charge < -0.3 is 15.5 Å². The first-order valence-electron chi connectivity index (χ1n) is 7.58. The fraction of sp³-hybridized carbons (Fsp3) is 0.667. The van der Waals surface area contributed by atoms with E-state index in [2.05, 4.69) is 39.3 Å². The first-order chi connectivity index (χ1) is 10.0. The maximum Gasteiger partial charge on any atom is 0.272 e. The molecule has 0 atom stereocenters. The summed E-state index contributed by atoms with van der Waals surface area (Å²) in [6.07, 6.45) is 1.67. The number of hydrogen-bond donors (Lipinski definition) is 2. The largest absolute Gasteiger partial charge is 0.385 e. The van der Waals surface area contributed by atoms with E-state index in [4.69, 9.17) is 0 Å². The average Bonchev–Trinajstić information content (AvgIpc) is 2.50. The second-order valence-electron chi connectivity index (χ2n) is 5.18. The van der Waals surface area contributed by atoms with E-state index in [1.807, 2.05) is 13.8 Å². The van der Waals surface area contributed by atoms with Gasteiger partial charge in [-0.3, -0.25) is 4.79 Å². The molecule has 0 bridgehead atoms. The first kappa shape index (κ1) is 17.4. The predicted octanol–water partition coefficient (Wildman–Crippen LogP) is 1.71. The number of rotatable bonds is 8. The van der Waals surface area contributed by atoms with Crippen LogP contribution < -0.4 is 10.6 Å². The molecular weight excluding hydrogens is 266 g/mol. The molecule has 0 saturated heterocycles. The minimum atomic E-state index is -0.157. The molecule has 1 aromatic heterocycles. The van der Waals surface area contributed by atoms with Gasteiger partial charge in [0.05, 0.1) is 11.9 Å². The first-order valence-corrected chi connectivity index (χ1v) is 7.58. The number of aromatic nitrogens is 2. The van der Waals surface area contributed by atoms with E-state index >= 15 is 0 Å². The Balaban J connectivity index is 2.74. The van der Waals surface area contributed by atoms with Crippen LogP contribution in [0.3, 0.4) is 0 Å². The Bertz CT molecular complexity index is 457. The summed E-state index contributed by atoms with van der Waals surface area (Å²) in [5.74, 6) is 0.719. The Morgan fingerprint density at radius 3 is 2.52 bits per heavy atom. The Labute approximate surface area is 127 Å². The molecule has 118 valence electrons. The number of likely N-dealkylation sites (N-methyl/N-ethyl adjacent to an activating group) is 1. The number of amides is 1. The SMILES string of the molecule is CCN(CC)CCNC(=O)c1nc(C(C)C)ncc1NC. The molecule has 1 heterocycles. The van der Waals surface area contributed by atoms with Crippen LogP contribution in [0.25, 0.3) is 0 Å². The van der Waals surface area contributed by atoms with Crippen LogP contribution in [0.5, 0.6) is 0 Å². The van der Waals surface area contributed by atoms with E-state index in [9.17, 15) is 4.79 Å². The molecule has 0 aliphatic heterocycles. The molecule has 0 aliphatic carbocycles. The monoisotopic (exact) mass is 293 g/mol. The van der Waals surface area contributed by atoms with Crippen LogP contribution in [0, 0.1) is 0 Å². The standard InChI is InChI=1S/C15H27N5O/c1-6-20(7-2)9-8-17-15(21)13-12(16-5)10-18-14(19-13)11(3)4/h10-11,16H,6-9H2,1-5H3,(H,17,21). The van der Waals surface area contributed by atoms with Crippen molar-refractivity contribution < 1.29 is 4.79 Å². The molecule has 0 aliphatic rings. The lowest BCUT2D eigenvalue weighted by atomic mass is 10.2. The quantitative estimate of drug-likeness (QED) is 0.763. The summed E-state index contributed by atoms with van der Waals surface area (Å²) < 4.78 is 0. The van der Waals surface area contributed by atoms with E-state index in [1.165, 1.54) is 0 Å². The third kappa shape index (κ3) is 4.97. The summed E-state index contributed by atoms with van der Waals surface area (Å²) in [7, 11) is 1.76. The number of hydrogen-bond acceptors (Lipinski definition) is 5. The molecule has 1 amide bonds. The van der Waals surface area contributed by atoms with Crippen molar-refractivity contribution in [2.24, 2.45) is 0 Å². The number of carbonyl (C=O) groups excluding carboxylic acids is 1. The van der Waals surface area contributed by atoms with Crippen molar-refractivity contribution in [3.05, 3.63) is 17.7 Å². The van der Waals surface area contributed by atoms with Crippen molar-refractivity contribution in [2.75, 3.05) is 38.5 Å². The van der Waals surface area contributed by atoms with Gasteiger partial charge in [-0.25, -0.2) is 9.97 Å². The fourth-order valence-electron chi connectivity index (χ4n) is 1.98. The molecule has 0 radical (unpaired) electrons. The number of carbonyl (C=O) groups is 1. The van der Waals surface area contributed by atoms with Crippen LogP contribution in [0.15, 0.2) is 6.20 Å². The average molecular weight is 293 g/mol. The Kier molecular flexibility index (Phi) is 7.08. The van der Waals surface area contributed by atoms with Crippen LogP contribution in [0.1, 0.15) is 49.9 Å². The molecule has 0 aromatic carbocycles. The minimum Gasteiger partial charge on any atom is -0.385 e. The van der Waals surface area contributed by atoms with Gasteiger partial charge in [-0.1, -0.05) is 27.7 Å². The second-order valence-corrected chi connectivity index (χ2v) is 5.18. The van der Waals surface area contributed by atoms with E-state index in [1.54, 1.807) is 13.2 Å². The van der Waals surface area contributed by atoms with E-state index in [0.29, 0.717) is 23.8 Å². The second kappa shape index (κ2) is 8.56. The van der Waals surface area contributed by atoms with Crippen molar-refractivity contribution in [1.29, 1.82) is 0 Å². The maximum atomic E-state index is 12.3. The van der Waals surface area contributed by atoms with Gasteiger partial charge in [0, 0.05) is 26.1 Å². The zero-order chi connectivity index (χ0) is 15.8. The summed E-state index contributed by atoms with van der Waals surface area (Å²) in [6, 6.07) is 0. The summed E-state index contributed by atoms with van der Waals surface area (Å²) >= 11 is 0. The highest BCUT2D eigenvalue weighted by atomic mass is 16.1. The smallest absolute Gasteiger partial charge is 0.272 e. The molecule has 0 fully saturated rings. The predicted molar refractivity (Wildman–Crippen MR) is 85.8 cm³/mol. The molecule has 0 unspecified atom stereocenters. The van der Waals surface area contributed by atoms with Gasteiger partial charge in [-0.05, 0) is 13.1 Å². The van der Waals surface area contributed by atoms with Gasteiger partial charge in [-0.15, -0.1) is 0 Å². The van der Waals surface area contributed by atoms with E-state index < -0.39 is 0 Å². The highest BCUT2D eigenvalue weighted by molar-refractivity contribution is 5.97. The molecule has 1 aromatic rings. The lowest BCUT2D eigenvalue weighted by Crippen LogP contribution is -2.35. The summed E-state index contributed by atoms with van der Waals surface area (Å²) in [6.45, 7) is 11.7. The fourth-order valence-corrected chi connectivity index (χ4v) is 1.98. The van der Waals surface area contributed by atoms with Gasteiger partial charge in [0.2, 0.25) is 0 Å². The summed E-state index contributed by atoms with van der Waals surface area (Å²) in [5, 5.41) is 5.90. The maximum absolute atomic E-state index is 12.3. The van der Waals surface area contributed by atoms with Gasteiger partial charge in [0.1, 0.15) is 5.82 Å². The number of anilines is 1. The molecular formula is C15H27N5O. The van der Waals surface area contributed by atoms with E-state index in [-0.39, 0.29) is 11.8 Å². The number of nitrogens with zero attached hydrogens (tertiary/aromatic N) is 3. The molecule has 0 saturated carbocycles. The van der Waals surface area contributed by atoms with Gasteiger partial charge >= 0.3 is 0 Å². The molecule has 6 nitrogen and oxygen atoms in total. The molecule has 21 heavy (non-hydrogen) atoms. The highest BCUT2D eigenvalue weighted by Crippen LogP contribution is 2.15. The van der Waals surface area contributed by atoms with Crippen LogP contribution in [0.2, 0.25) is 0 Å². The van der Waals surface area contributed by atoms with Gasteiger partial charge in [0.25, 0.3) is 5.91 Å².